The van der Waals surface area contributed by atoms with E-state index in [4.69, 9.17) is 5.73 Å². The van der Waals surface area contributed by atoms with Gasteiger partial charge in [-0.25, -0.2) is 4.98 Å². The fraction of sp³-hybridized carbons (Fsp3) is 0.750. The van der Waals surface area contributed by atoms with Crippen LogP contribution in [0.3, 0.4) is 0 Å². The maximum absolute atomic E-state index is 5.93. The molecule has 1 saturated heterocycles. The van der Waals surface area contributed by atoms with E-state index in [-0.39, 0.29) is 6.04 Å². The van der Waals surface area contributed by atoms with Crippen molar-refractivity contribution >= 4 is 16.7 Å². The first-order valence-electron chi connectivity index (χ1n) is 4.51. The molecule has 0 radical (unpaired) electrons. The van der Waals surface area contributed by atoms with E-state index >= 15 is 0 Å². The molecule has 2 atom stereocenters. The molecule has 13 heavy (non-hydrogen) atoms. The van der Waals surface area contributed by atoms with E-state index in [0.717, 1.165) is 23.9 Å². The van der Waals surface area contributed by atoms with Crippen LogP contribution in [0.4, 0.5) is 5.13 Å². The van der Waals surface area contributed by atoms with Crippen molar-refractivity contribution < 1.29 is 0 Å². The first-order valence-corrected chi connectivity index (χ1v) is 5.28. The highest BCUT2D eigenvalue weighted by molar-refractivity contribution is 7.09. The van der Waals surface area contributed by atoms with Gasteiger partial charge in [0.05, 0.1) is 0 Å². The van der Waals surface area contributed by atoms with Gasteiger partial charge in [-0.2, -0.15) is 4.37 Å². The summed E-state index contributed by atoms with van der Waals surface area (Å²) in [6.45, 7) is 5.08. The average Bonchev–Trinajstić information content (AvgIpc) is 2.62. The molecular formula is C8H14N4S. The zero-order valence-electron chi connectivity index (χ0n) is 7.90. The summed E-state index contributed by atoms with van der Waals surface area (Å²) in [5, 5.41) is 1.01. The van der Waals surface area contributed by atoms with Crippen LogP contribution in [0.25, 0.3) is 0 Å². The lowest BCUT2D eigenvalue weighted by molar-refractivity contribution is 0.623. The Kier molecular flexibility index (Phi) is 2.21. The second-order valence-corrected chi connectivity index (χ2v) is 4.24. The van der Waals surface area contributed by atoms with Crippen molar-refractivity contribution in [2.75, 3.05) is 11.4 Å². The molecule has 0 aliphatic carbocycles. The van der Waals surface area contributed by atoms with Crippen LogP contribution in [0.2, 0.25) is 0 Å². The molecule has 0 spiro atoms. The molecule has 2 heterocycles. The molecule has 1 aliphatic heterocycles. The topological polar surface area (TPSA) is 55.0 Å². The Bertz CT molecular complexity index is 298. The van der Waals surface area contributed by atoms with Gasteiger partial charge in [0.25, 0.3) is 0 Å². The third-order valence-corrected chi connectivity index (χ3v) is 3.42. The highest BCUT2D eigenvalue weighted by atomic mass is 32.1. The first-order chi connectivity index (χ1) is 6.18. The van der Waals surface area contributed by atoms with Crippen LogP contribution in [0.1, 0.15) is 19.2 Å². The number of rotatable bonds is 1. The van der Waals surface area contributed by atoms with Crippen molar-refractivity contribution in [1.29, 1.82) is 0 Å². The molecule has 1 fully saturated rings. The zero-order chi connectivity index (χ0) is 9.42. The van der Waals surface area contributed by atoms with Crippen LogP contribution in [0.15, 0.2) is 0 Å². The predicted molar refractivity (Wildman–Crippen MR) is 54.0 cm³/mol. The van der Waals surface area contributed by atoms with Crippen molar-refractivity contribution in [3.63, 3.8) is 0 Å². The van der Waals surface area contributed by atoms with Crippen LogP contribution in [-0.2, 0) is 0 Å². The number of nitrogens with zero attached hydrogens (tertiary/aromatic N) is 3. The second kappa shape index (κ2) is 3.23. The highest BCUT2D eigenvalue weighted by Gasteiger charge is 2.29. The number of aromatic nitrogens is 2. The number of hydrogen-bond acceptors (Lipinski definition) is 5. The molecule has 5 heteroatoms. The molecule has 1 aliphatic rings. The molecule has 2 rings (SSSR count). The van der Waals surface area contributed by atoms with Gasteiger partial charge in [-0.05, 0) is 20.3 Å². The van der Waals surface area contributed by atoms with Crippen LogP contribution in [-0.4, -0.2) is 28.0 Å². The van der Waals surface area contributed by atoms with Gasteiger partial charge < -0.3 is 10.6 Å². The molecule has 1 aromatic rings. The third kappa shape index (κ3) is 1.53. The number of anilines is 1. The molecule has 0 saturated carbocycles. The van der Waals surface area contributed by atoms with Gasteiger partial charge in [0.2, 0.25) is 5.13 Å². The summed E-state index contributed by atoms with van der Waals surface area (Å²) >= 11 is 1.46. The first kappa shape index (κ1) is 8.90. The lowest BCUT2D eigenvalue weighted by Crippen LogP contribution is -2.36. The Balaban J connectivity index is 2.18. The van der Waals surface area contributed by atoms with Gasteiger partial charge in [0.1, 0.15) is 5.82 Å². The predicted octanol–water partition coefficient (Wildman–Crippen LogP) is 0.772. The summed E-state index contributed by atoms with van der Waals surface area (Å²) < 4.78 is 4.17. The minimum absolute atomic E-state index is 0.282. The molecule has 1 aromatic heterocycles. The second-order valence-electron chi connectivity index (χ2n) is 3.51. The Labute approximate surface area is 81.9 Å². The standard InChI is InChI=1S/C8H14N4S/c1-5-7(9)3-4-12(5)8-10-6(2)11-13-8/h5,7H,3-4,9H2,1-2H3. The third-order valence-electron chi connectivity index (χ3n) is 2.58. The molecule has 0 aromatic carbocycles. The SMILES string of the molecule is Cc1nsc(N2CCC(N)C2C)n1. The Morgan fingerprint density at radius 2 is 2.38 bits per heavy atom. The summed E-state index contributed by atoms with van der Waals surface area (Å²) in [4.78, 5) is 6.60. The summed E-state index contributed by atoms with van der Waals surface area (Å²) in [5.41, 5.74) is 5.93. The van der Waals surface area contributed by atoms with Gasteiger partial charge in [-0.1, -0.05) is 0 Å². The molecule has 0 bridgehead atoms. The normalized spacial score (nSPS) is 28.4. The van der Waals surface area contributed by atoms with Crippen LogP contribution < -0.4 is 10.6 Å². The van der Waals surface area contributed by atoms with E-state index in [1.54, 1.807) is 0 Å². The van der Waals surface area contributed by atoms with Crippen molar-refractivity contribution in [2.24, 2.45) is 5.73 Å². The minimum Gasteiger partial charge on any atom is -0.343 e. The quantitative estimate of drug-likeness (QED) is 0.724. The van der Waals surface area contributed by atoms with Crippen LogP contribution >= 0.6 is 11.5 Å². The van der Waals surface area contributed by atoms with E-state index < -0.39 is 0 Å². The maximum Gasteiger partial charge on any atom is 0.205 e. The van der Waals surface area contributed by atoms with Crippen molar-refractivity contribution in [1.82, 2.24) is 9.36 Å². The van der Waals surface area contributed by atoms with Gasteiger partial charge in [0, 0.05) is 30.2 Å². The van der Waals surface area contributed by atoms with Crippen molar-refractivity contribution in [3.8, 4) is 0 Å². The maximum atomic E-state index is 5.93. The molecule has 2 unspecified atom stereocenters. The van der Waals surface area contributed by atoms with Gasteiger partial charge in [0.15, 0.2) is 0 Å². The summed E-state index contributed by atoms with van der Waals surface area (Å²) in [6.07, 6.45) is 1.06. The molecule has 72 valence electrons. The van der Waals surface area contributed by atoms with Gasteiger partial charge >= 0.3 is 0 Å². The van der Waals surface area contributed by atoms with Crippen LogP contribution in [0.5, 0.6) is 0 Å². The zero-order valence-corrected chi connectivity index (χ0v) is 8.71. The Morgan fingerprint density at radius 1 is 1.62 bits per heavy atom. The highest BCUT2D eigenvalue weighted by Crippen LogP contribution is 2.25. The Morgan fingerprint density at radius 3 is 2.85 bits per heavy atom. The summed E-state index contributed by atoms with van der Waals surface area (Å²) in [7, 11) is 0. The average molecular weight is 198 g/mol. The largest absolute Gasteiger partial charge is 0.343 e. The van der Waals surface area contributed by atoms with E-state index in [1.165, 1.54) is 11.5 Å². The molecule has 2 N–H and O–H groups in total. The lowest BCUT2D eigenvalue weighted by atomic mass is 10.2. The number of nitrogens with two attached hydrogens (primary N) is 1. The van der Waals surface area contributed by atoms with E-state index in [0.29, 0.717) is 6.04 Å². The van der Waals surface area contributed by atoms with E-state index in [2.05, 4.69) is 21.2 Å². The fourth-order valence-corrected chi connectivity index (χ4v) is 2.43. The van der Waals surface area contributed by atoms with Crippen molar-refractivity contribution in [3.05, 3.63) is 5.82 Å². The lowest BCUT2D eigenvalue weighted by Gasteiger charge is -2.21. The Hall–Kier alpha value is -0.680. The van der Waals surface area contributed by atoms with E-state index in [9.17, 15) is 0 Å². The summed E-state index contributed by atoms with van der Waals surface area (Å²) in [6, 6.07) is 0.677. The number of hydrogen-bond donors (Lipinski definition) is 1. The van der Waals surface area contributed by atoms with Crippen LogP contribution in [0, 0.1) is 6.92 Å². The van der Waals surface area contributed by atoms with Gasteiger partial charge in [-0.3, -0.25) is 0 Å². The molecule has 4 nitrogen and oxygen atoms in total. The molecule has 0 amide bonds. The van der Waals surface area contributed by atoms with Crippen molar-refractivity contribution in [2.45, 2.75) is 32.4 Å². The number of aryl methyl sites for hydroxylation is 1. The monoisotopic (exact) mass is 198 g/mol. The molecular weight excluding hydrogens is 184 g/mol. The smallest absolute Gasteiger partial charge is 0.205 e. The summed E-state index contributed by atoms with van der Waals surface area (Å²) in [5.74, 6) is 0.854. The minimum atomic E-state index is 0.282. The fourth-order valence-electron chi connectivity index (χ4n) is 1.64. The van der Waals surface area contributed by atoms with Gasteiger partial charge in [-0.15, -0.1) is 0 Å². The van der Waals surface area contributed by atoms with E-state index in [1.807, 2.05) is 6.92 Å².